The van der Waals surface area contributed by atoms with Gasteiger partial charge in [-0.2, -0.15) is 5.10 Å². The van der Waals surface area contributed by atoms with Crippen LogP contribution in [0.25, 0.3) is 0 Å². The minimum absolute atomic E-state index is 0.397. The summed E-state index contributed by atoms with van der Waals surface area (Å²) in [5, 5.41) is 16.5. The van der Waals surface area contributed by atoms with Crippen LogP contribution in [0.1, 0.15) is 47.0 Å². The van der Waals surface area contributed by atoms with E-state index in [0.717, 1.165) is 28.9 Å². The van der Waals surface area contributed by atoms with Gasteiger partial charge < -0.3 is 5.11 Å². The van der Waals surface area contributed by atoms with Crippen LogP contribution in [0.15, 0.2) is 33.6 Å². The molecule has 4 nitrogen and oxygen atoms in total. The van der Waals surface area contributed by atoms with Gasteiger partial charge in [-0.3, -0.25) is 4.99 Å². The first kappa shape index (κ1) is 16.4. The zero-order valence-electron chi connectivity index (χ0n) is 13.2. The van der Waals surface area contributed by atoms with Crippen molar-refractivity contribution in [3.05, 3.63) is 23.5 Å². The molecule has 0 fully saturated rings. The molecular weight excluding hydrogens is 330 g/mol. The van der Waals surface area contributed by atoms with E-state index in [1.54, 1.807) is 13.8 Å². The third kappa shape index (κ3) is 4.27. The summed E-state index contributed by atoms with van der Waals surface area (Å²) in [5.74, 6) is 0.502. The van der Waals surface area contributed by atoms with E-state index in [9.17, 15) is 5.11 Å². The second-order valence-corrected chi connectivity index (χ2v) is 7.27. The quantitative estimate of drug-likeness (QED) is 0.837. The van der Waals surface area contributed by atoms with Crippen molar-refractivity contribution in [2.45, 2.75) is 52.6 Å². The maximum atomic E-state index is 9.91. The molecule has 0 aliphatic carbocycles. The Balaban J connectivity index is 2.39. The number of allylic oxidation sites excluding steroid dienone is 4. The second-order valence-electron chi connectivity index (χ2n) is 6.35. The number of halogens is 1. The van der Waals surface area contributed by atoms with Gasteiger partial charge in [0.05, 0.1) is 23.6 Å². The standard InChI is InChI=1S/C16H24BrN3O/c1-5-12-8-11(2)6-7-14-13(18-10-16(3,4)21)9-15(17)19-20(12)14/h7-8,11,21H,5-6,9-10H2,1-4H3. The monoisotopic (exact) mass is 353 g/mol. The maximum Gasteiger partial charge on any atom is 0.110 e. The minimum atomic E-state index is -0.791. The number of hydrogen-bond donors (Lipinski definition) is 1. The van der Waals surface area contributed by atoms with Crippen molar-refractivity contribution in [2.75, 3.05) is 6.54 Å². The molecule has 0 amide bonds. The average Bonchev–Trinajstić information content (AvgIpc) is 2.54. The van der Waals surface area contributed by atoms with E-state index in [4.69, 9.17) is 0 Å². The van der Waals surface area contributed by atoms with Gasteiger partial charge in [0.2, 0.25) is 0 Å². The molecule has 116 valence electrons. The highest BCUT2D eigenvalue weighted by atomic mass is 79.9. The molecular formula is C16H24BrN3O. The average molecular weight is 354 g/mol. The Morgan fingerprint density at radius 3 is 2.86 bits per heavy atom. The smallest absolute Gasteiger partial charge is 0.110 e. The van der Waals surface area contributed by atoms with E-state index in [1.165, 1.54) is 5.70 Å². The van der Waals surface area contributed by atoms with Gasteiger partial charge in [0.15, 0.2) is 0 Å². The summed E-state index contributed by atoms with van der Waals surface area (Å²) < 4.78 is 0.878. The number of nitrogens with zero attached hydrogens (tertiary/aromatic N) is 3. The van der Waals surface area contributed by atoms with Crippen molar-refractivity contribution in [1.29, 1.82) is 0 Å². The van der Waals surface area contributed by atoms with E-state index in [1.807, 2.05) is 5.01 Å². The summed E-state index contributed by atoms with van der Waals surface area (Å²) in [4.78, 5) is 4.64. The van der Waals surface area contributed by atoms with Gasteiger partial charge in [-0.25, -0.2) is 5.01 Å². The fourth-order valence-electron chi connectivity index (χ4n) is 2.43. The van der Waals surface area contributed by atoms with E-state index in [-0.39, 0.29) is 0 Å². The van der Waals surface area contributed by atoms with Crippen molar-refractivity contribution in [1.82, 2.24) is 5.01 Å². The van der Waals surface area contributed by atoms with Crippen LogP contribution in [0, 0.1) is 5.92 Å². The first-order chi connectivity index (χ1) is 9.80. The SMILES string of the molecule is CCC1=CC(C)CC=C2C(=NCC(C)(C)O)CC(Br)=NN12. The largest absolute Gasteiger partial charge is 0.389 e. The lowest BCUT2D eigenvalue weighted by Crippen LogP contribution is -2.30. The first-order valence-electron chi connectivity index (χ1n) is 7.50. The van der Waals surface area contributed by atoms with Crippen molar-refractivity contribution in [3.63, 3.8) is 0 Å². The Bertz CT molecular complexity index is 526. The molecule has 5 heteroatoms. The van der Waals surface area contributed by atoms with Gasteiger partial charge in [-0.15, -0.1) is 0 Å². The number of aliphatic hydroxyl groups is 1. The molecule has 0 aromatic rings. The molecule has 0 spiro atoms. The fourth-order valence-corrected chi connectivity index (χ4v) is 2.85. The lowest BCUT2D eigenvalue weighted by molar-refractivity contribution is 0.0904. The van der Waals surface area contributed by atoms with E-state index < -0.39 is 5.60 Å². The molecule has 2 aliphatic rings. The summed E-state index contributed by atoms with van der Waals surface area (Å²) in [5.41, 5.74) is 2.48. The zero-order chi connectivity index (χ0) is 15.6. The van der Waals surface area contributed by atoms with Gasteiger partial charge in [-0.05, 0) is 48.5 Å². The minimum Gasteiger partial charge on any atom is -0.389 e. The number of hydrazone groups is 1. The third-order valence-corrected chi connectivity index (χ3v) is 3.94. The summed E-state index contributed by atoms with van der Waals surface area (Å²) in [6, 6.07) is 0. The molecule has 2 heterocycles. The van der Waals surface area contributed by atoms with Crippen LogP contribution in [0.2, 0.25) is 0 Å². The second kappa shape index (κ2) is 6.44. The molecule has 0 aromatic heterocycles. The molecule has 0 saturated carbocycles. The molecule has 0 saturated heterocycles. The Morgan fingerprint density at radius 1 is 1.52 bits per heavy atom. The summed E-state index contributed by atoms with van der Waals surface area (Å²) in [6.07, 6.45) is 7.11. The highest BCUT2D eigenvalue weighted by molar-refractivity contribution is 9.18. The van der Waals surface area contributed by atoms with Crippen molar-refractivity contribution < 1.29 is 5.11 Å². The molecule has 0 radical (unpaired) electrons. The topological polar surface area (TPSA) is 48.2 Å². The summed E-state index contributed by atoms with van der Waals surface area (Å²) >= 11 is 3.52. The number of rotatable bonds is 3. The van der Waals surface area contributed by atoms with Crippen molar-refractivity contribution in [3.8, 4) is 0 Å². The van der Waals surface area contributed by atoms with E-state index >= 15 is 0 Å². The van der Waals surface area contributed by atoms with Gasteiger partial charge in [0.25, 0.3) is 0 Å². The number of fused-ring (bicyclic) bond motifs is 1. The van der Waals surface area contributed by atoms with Gasteiger partial charge in [0, 0.05) is 12.1 Å². The first-order valence-corrected chi connectivity index (χ1v) is 8.29. The number of hydrogen-bond acceptors (Lipinski definition) is 4. The number of aliphatic imine (C=N–C) groups is 1. The molecule has 1 unspecified atom stereocenters. The van der Waals surface area contributed by atoms with Crippen LogP contribution in [-0.4, -0.2) is 32.6 Å². The fraction of sp³-hybridized carbons (Fsp3) is 0.625. The van der Waals surface area contributed by atoms with Crippen LogP contribution in [0.4, 0.5) is 0 Å². The Kier molecular flexibility index (Phi) is 5.04. The molecule has 2 rings (SSSR count). The van der Waals surface area contributed by atoms with Crippen LogP contribution in [0.5, 0.6) is 0 Å². The highest BCUT2D eigenvalue weighted by Crippen LogP contribution is 2.30. The third-order valence-electron chi connectivity index (χ3n) is 3.50. The molecule has 2 aliphatic heterocycles. The molecule has 1 N–H and O–H groups in total. The van der Waals surface area contributed by atoms with E-state index in [2.05, 4.69) is 52.0 Å². The van der Waals surface area contributed by atoms with Crippen LogP contribution in [0.3, 0.4) is 0 Å². The van der Waals surface area contributed by atoms with Crippen LogP contribution < -0.4 is 0 Å². The predicted molar refractivity (Wildman–Crippen MR) is 91.7 cm³/mol. The highest BCUT2D eigenvalue weighted by Gasteiger charge is 2.27. The lowest BCUT2D eigenvalue weighted by atomic mass is 10.1. The van der Waals surface area contributed by atoms with Gasteiger partial charge in [-0.1, -0.05) is 26.0 Å². The Labute approximate surface area is 135 Å². The molecule has 1 atom stereocenters. The Morgan fingerprint density at radius 2 is 2.24 bits per heavy atom. The maximum absolute atomic E-state index is 9.91. The molecule has 0 aromatic carbocycles. The van der Waals surface area contributed by atoms with Crippen LogP contribution in [-0.2, 0) is 0 Å². The molecule has 21 heavy (non-hydrogen) atoms. The lowest BCUT2D eigenvalue weighted by Gasteiger charge is -2.29. The van der Waals surface area contributed by atoms with Gasteiger partial charge in [0.1, 0.15) is 4.62 Å². The van der Waals surface area contributed by atoms with Crippen LogP contribution >= 0.6 is 15.9 Å². The summed E-state index contributed by atoms with van der Waals surface area (Å²) in [7, 11) is 0. The summed E-state index contributed by atoms with van der Waals surface area (Å²) in [6.45, 7) is 8.32. The zero-order valence-corrected chi connectivity index (χ0v) is 14.8. The van der Waals surface area contributed by atoms with Gasteiger partial charge >= 0.3 is 0 Å². The predicted octanol–water partition coefficient (Wildman–Crippen LogP) is 3.83. The molecule has 0 bridgehead atoms. The van der Waals surface area contributed by atoms with Crippen molar-refractivity contribution >= 4 is 26.3 Å². The normalized spacial score (nSPS) is 25.0. The van der Waals surface area contributed by atoms with E-state index in [0.29, 0.717) is 18.9 Å². The van der Waals surface area contributed by atoms with Crippen molar-refractivity contribution in [2.24, 2.45) is 16.0 Å². The Hall–Kier alpha value is -0.940.